The fourth-order valence-corrected chi connectivity index (χ4v) is 6.85. The predicted octanol–water partition coefficient (Wildman–Crippen LogP) is 7.23. The number of para-hydroxylation sites is 2. The van der Waals surface area contributed by atoms with E-state index in [2.05, 4.69) is 4.98 Å². The van der Waals surface area contributed by atoms with E-state index < -0.39 is 16.1 Å². The number of carbonyl (C=O) groups excluding carboxylic acids is 2. The first-order valence-electron chi connectivity index (χ1n) is 15.6. The topological polar surface area (TPSA) is 121 Å². The molecule has 6 aromatic rings. The van der Waals surface area contributed by atoms with Crippen LogP contribution in [0.15, 0.2) is 126 Å². The van der Waals surface area contributed by atoms with Crippen molar-refractivity contribution in [3.05, 3.63) is 132 Å². The molecule has 0 radical (unpaired) electrons. The van der Waals surface area contributed by atoms with Gasteiger partial charge in [-0.25, -0.2) is 18.2 Å². The van der Waals surface area contributed by atoms with Crippen LogP contribution in [-0.2, 0) is 32.6 Å². The van der Waals surface area contributed by atoms with Gasteiger partial charge in [0.25, 0.3) is 10.0 Å². The Morgan fingerprint density at radius 1 is 0.714 bits per heavy atom. The SMILES string of the molecule is O=C(CCc1ccc(S(=O)(=O)N(C(=O)Oc2c3ccccc3nc3ccccc23)c2ccc3c(c2)OCCO3)cc1)OCc1ccccc1. The Labute approximate surface area is 282 Å². The molecule has 0 fully saturated rings. The Kier molecular flexibility index (Phi) is 8.82. The number of amides is 1. The summed E-state index contributed by atoms with van der Waals surface area (Å²) in [5, 5.41) is 1.08. The van der Waals surface area contributed by atoms with Crippen LogP contribution in [0.5, 0.6) is 17.2 Å². The van der Waals surface area contributed by atoms with Crippen molar-refractivity contribution >= 4 is 49.6 Å². The molecule has 1 aliphatic rings. The molecule has 0 saturated carbocycles. The maximum absolute atomic E-state index is 14.3. The van der Waals surface area contributed by atoms with Gasteiger partial charge >= 0.3 is 12.1 Å². The van der Waals surface area contributed by atoms with Gasteiger partial charge in [0.05, 0.1) is 21.6 Å². The number of fused-ring (bicyclic) bond motifs is 3. The number of anilines is 1. The third-order valence-corrected chi connectivity index (χ3v) is 9.68. The summed E-state index contributed by atoms with van der Waals surface area (Å²) in [6.45, 7) is 0.785. The second kappa shape index (κ2) is 13.7. The molecule has 0 N–H and O–H groups in total. The van der Waals surface area contributed by atoms with E-state index in [0.717, 1.165) is 11.1 Å². The number of carbonyl (C=O) groups is 2. The molecule has 1 aromatic heterocycles. The van der Waals surface area contributed by atoms with Gasteiger partial charge in [-0.2, -0.15) is 4.31 Å². The van der Waals surface area contributed by atoms with Crippen LogP contribution in [0.2, 0.25) is 0 Å². The number of nitrogens with zero attached hydrogens (tertiary/aromatic N) is 2. The highest BCUT2D eigenvalue weighted by molar-refractivity contribution is 7.93. The average molecular weight is 675 g/mol. The number of hydrogen-bond donors (Lipinski definition) is 0. The summed E-state index contributed by atoms with van der Waals surface area (Å²) >= 11 is 0. The second-order valence-electron chi connectivity index (χ2n) is 11.2. The maximum Gasteiger partial charge on any atom is 0.434 e. The minimum atomic E-state index is -4.54. The van der Waals surface area contributed by atoms with E-state index in [4.69, 9.17) is 18.9 Å². The molecule has 0 saturated heterocycles. The van der Waals surface area contributed by atoms with Crippen molar-refractivity contribution in [3.63, 3.8) is 0 Å². The molecule has 0 unspecified atom stereocenters. The third-order valence-electron chi connectivity index (χ3n) is 7.98. The normalized spacial score (nSPS) is 12.4. The predicted molar refractivity (Wildman–Crippen MR) is 183 cm³/mol. The summed E-state index contributed by atoms with van der Waals surface area (Å²) in [5.74, 6) is 0.534. The first-order valence-corrected chi connectivity index (χ1v) is 17.0. The van der Waals surface area contributed by atoms with E-state index in [9.17, 15) is 18.0 Å². The van der Waals surface area contributed by atoms with Gasteiger partial charge < -0.3 is 18.9 Å². The van der Waals surface area contributed by atoms with Crippen LogP contribution >= 0.6 is 0 Å². The van der Waals surface area contributed by atoms with Crippen molar-refractivity contribution in [2.24, 2.45) is 0 Å². The molecule has 0 bridgehead atoms. The lowest BCUT2D eigenvalue weighted by atomic mass is 10.1. The van der Waals surface area contributed by atoms with Gasteiger partial charge in [0, 0.05) is 23.3 Å². The molecule has 0 atom stereocenters. The fourth-order valence-electron chi connectivity index (χ4n) is 5.53. The third kappa shape index (κ3) is 6.74. The van der Waals surface area contributed by atoms with Gasteiger partial charge in [0.1, 0.15) is 19.8 Å². The first-order chi connectivity index (χ1) is 23.9. The number of sulfonamides is 1. The molecule has 1 aliphatic heterocycles. The Bertz CT molecular complexity index is 2220. The van der Waals surface area contributed by atoms with Crippen molar-refractivity contribution < 1.29 is 37.0 Å². The highest BCUT2D eigenvalue weighted by Gasteiger charge is 2.34. The van der Waals surface area contributed by atoms with Crippen molar-refractivity contribution in [1.82, 2.24) is 4.98 Å². The number of rotatable bonds is 9. The largest absolute Gasteiger partial charge is 0.486 e. The van der Waals surface area contributed by atoms with E-state index in [-0.39, 0.29) is 41.9 Å². The standard InChI is InChI=1S/C38H30N2O8S/c41-36(47-25-27-8-2-1-3-9-27)21-16-26-14-18-29(19-15-26)49(43,44)40(28-17-20-34-35(24-28)46-23-22-45-34)38(42)48-37-30-10-4-6-12-32(30)39-33-13-7-5-11-31(33)37/h1-15,17-20,24H,16,21-23,25H2. The molecular formula is C38H30N2O8S. The van der Waals surface area contributed by atoms with Crippen LogP contribution in [0, 0.1) is 0 Å². The summed E-state index contributed by atoms with van der Waals surface area (Å²) in [7, 11) is -4.54. The lowest BCUT2D eigenvalue weighted by Gasteiger charge is -2.25. The number of hydrogen-bond acceptors (Lipinski definition) is 9. The van der Waals surface area contributed by atoms with E-state index in [1.807, 2.05) is 42.5 Å². The van der Waals surface area contributed by atoms with Gasteiger partial charge in [-0.15, -0.1) is 0 Å². The molecule has 11 heteroatoms. The number of aromatic nitrogens is 1. The molecule has 0 spiro atoms. The smallest absolute Gasteiger partial charge is 0.434 e. The molecule has 2 heterocycles. The van der Waals surface area contributed by atoms with Gasteiger partial charge in [0.15, 0.2) is 17.2 Å². The Balaban J connectivity index is 1.18. The van der Waals surface area contributed by atoms with E-state index in [1.165, 1.54) is 24.3 Å². The highest BCUT2D eigenvalue weighted by atomic mass is 32.2. The summed E-state index contributed by atoms with van der Waals surface area (Å²) in [6, 6.07) is 34.1. The number of benzene rings is 5. The van der Waals surface area contributed by atoms with Crippen LogP contribution in [0.3, 0.4) is 0 Å². The van der Waals surface area contributed by atoms with Crippen LogP contribution < -0.4 is 18.5 Å². The molecule has 7 rings (SSSR count). The maximum atomic E-state index is 14.3. The average Bonchev–Trinajstić information content (AvgIpc) is 3.13. The monoisotopic (exact) mass is 674 g/mol. The van der Waals surface area contributed by atoms with Gasteiger partial charge in [-0.05, 0) is 66.1 Å². The lowest BCUT2D eigenvalue weighted by Crippen LogP contribution is -2.39. The van der Waals surface area contributed by atoms with Crippen molar-refractivity contribution in [1.29, 1.82) is 0 Å². The fraction of sp³-hybridized carbons (Fsp3) is 0.132. The molecule has 1 amide bonds. The van der Waals surface area contributed by atoms with Crippen molar-refractivity contribution in [2.75, 3.05) is 17.5 Å². The van der Waals surface area contributed by atoms with E-state index in [1.54, 1.807) is 54.6 Å². The Morgan fingerprint density at radius 2 is 1.35 bits per heavy atom. The van der Waals surface area contributed by atoms with Crippen LogP contribution in [-0.4, -0.2) is 38.7 Å². The summed E-state index contributed by atoms with van der Waals surface area (Å²) < 4.78 is 51.9. The van der Waals surface area contributed by atoms with Crippen molar-refractivity contribution in [3.8, 4) is 17.2 Å². The Morgan fingerprint density at radius 3 is 2.04 bits per heavy atom. The van der Waals surface area contributed by atoms with Gasteiger partial charge in [-0.1, -0.05) is 66.7 Å². The number of esters is 1. The van der Waals surface area contributed by atoms with E-state index >= 15 is 0 Å². The van der Waals surface area contributed by atoms with Crippen LogP contribution in [0.1, 0.15) is 17.5 Å². The summed E-state index contributed by atoms with van der Waals surface area (Å²) in [5.41, 5.74) is 2.77. The highest BCUT2D eigenvalue weighted by Crippen LogP contribution is 2.38. The molecule has 5 aromatic carbocycles. The first kappa shape index (κ1) is 31.6. The molecular weight excluding hydrogens is 644 g/mol. The minimum Gasteiger partial charge on any atom is -0.486 e. The Hall–Kier alpha value is -5.94. The number of aryl methyl sites for hydroxylation is 1. The zero-order valence-electron chi connectivity index (χ0n) is 26.2. The minimum absolute atomic E-state index is 0.00200. The quantitative estimate of drug-likeness (QED) is 0.116. The number of ether oxygens (including phenoxy) is 4. The van der Waals surface area contributed by atoms with Crippen molar-refractivity contribution in [2.45, 2.75) is 24.3 Å². The summed E-state index contributed by atoms with van der Waals surface area (Å²) in [4.78, 5) is 31.0. The molecule has 246 valence electrons. The van der Waals surface area contributed by atoms with Crippen LogP contribution in [0.25, 0.3) is 21.8 Å². The summed E-state index contributed by atoms with van der Waals surface area (Å²) in [6.07, 6.45) is -0.699. The van der Waals surface area contributed by atoms with Gasteiger partial charge in [0.2, 0.25) is 0 Å². The van der Waals surface area contributed by atoms with Crippen LogP contribution in [0.4, 0.5) is 10.5 Å². The zero-order chi connectivity index (χ0) is 33.8. The molecule has 10 nitrogen and oxygen atoms in total. The van der Waals surface area contributed by atoms with Gasteiger partial charge in [-0.3, -0.25) is 4.79 Å². The molecule has 0 aliphatic carbocycles. The molecule has 49 heavy (non-hydrogen) atoms. The lowest BCUT2D eigenvalue weighted by molar-refractivity contribution is -0.144. The zero-order valence-corrected chi connectivity index (χ0v) is 27.0. The number of pyridine rings is 1. The second-order valence-corrected chi connectivity index (χ2v) is 13.0. The van der Waals surface area contributed by atoms with E-state index in [0.29, 0.717) is 50.6 Å².